The van der Waals surface area contributed by atoms with Gasteiger partial charge in [-0.15, -0.1) is 0 Å². The summed E-state index contributed by atoms with van der Waals surface area (Å²) in [5.41, 5.74) is 3.65. The molecule has 26 heavy (non-hydrogen) atoms. The highest BCUT2D eigenvalue weighted by Gasteiger charge is 2.29. The number of rotatable bonds is 3. The molecule has 2 aromatic carbocycles. The molecule has 8 nitrogen and oxygen atoms in total. The van der Waals surface area contributed by atoms with Gasteiger partial charge in [0, 0.05) is 24.2 Å². The Labute approximate surface area is 149 Å². The topological polar surface area (TPSA) is 102 Å². The normalized spacial score (nSPS) is 13.0. The van der Waals surface area contributed by atoms with Crippen molar-refractivity contribution in [3.8, 4) is 0 Å². The van der Waals surface area contributed by atoms with Crippen LogP contribution in [0.25, 0.3) is 0 Å². The number of nitrogens with one attached hydrogen (secondary N) is 1. The number of amides is 2. The van der Waals surface area contributed by atoms with Crippen molar-refractivity contribution in [2.24, 2.45) is 0 Å². The van der Waals surface area contributed by atoms with Crippen molar-refractivity contribution < 1.29 is 19.2 Å². The molecule has 3 rings (SSSR count). The summed E-state index contributed by atoms with van der Waals surface area (Å²) in [5.74, 6) is -0.457. The fourth-order valence-corrected chi connectivity index (χ4v) is 3.17. The van der Waals surface area contributed by atoms with E-state index in [9.17, 15) is 19.7 Å². The summed E-state index contributed by atoms with van der Waals surface area (Å²) in [5, 5.41) is 13.7. The summed E-state index contributed by atoms with van der Waals surface area (Å²) in [6, 6.07) is 7.37. The fraction of sp³-hybridized carbons (Fsp3) is 0.222. The highest BCUT2D eigenvalue weighted by Crippen LogP contribution is 2.37. The molecule has 0 radical (unpaired) electrons. The first-order chi connectivity index (χ1) is 12.3. The Kier molecular flexibility index (Phi) is 4.33. The van der Waals surface area contributed by atoms with E-state index in [2.05, 4.69) is 5.32 Å². The number of methoxy groups -OCH3 is 1. The molecule has 1 heterocycles. The molecule has 2 aromatic rings. The van der Waals surface area contributed by atoms with Crippen molar-refractivity contribution in [2.75, 3.05) is 12.0 Å². The molecule has 0 saturated heterocycles. The third-order valence-corrected chi connectivity index (χ3v) is 4.28. The second kappa shape index (κ2) is 6.47. The molecule has 2 amide bonds. The van der Waals surface area contributed by atoms with Gasteiger partial charge in [0.05, 0.1) is 29.0 Å². The molecule has 1 N–H and O–H groups in total. The van der Waals surface area contributed by atoms with E-state index in [-0.39, 0.29) is 18.3 Å². The standard InChI is InChI=1S/C18H17N3O5/c1-10-6-12(17(22)26-3)7-11(2)16(10)20-15-5-4-14(21(24)25)8-13(15)9-19-18(20)23/h4-8H,9H2,1-3H3,(H,19,23). The first-order valence-electron chi connectivity index (χ1n) is 7.88. The van der Waals surface area contributed by atoms with Crippen LogP contribution in [0.1, 0.15) is 27.0 Å². The van der Waals surface area contributed by atoms with Crippen LogP contribution in [-0.4, -0.2) is 24.0 Å². The molecule has 0 fully saturated rings. The molecular weight excluding hydrogens is 338 g/mol. The van der Waals surface area contributed by atoms with E-state index >= 15 is 0 Å². The van der Waals surface area contributed by atoms with E-state index in [4.69, 9.17) is 4.74 Å². The van der Waals surface area contributed by atoms with E-state index in [0.29, 0.717) is 33.6 Å². The number of fused-ring (bicyclic) bond motifs is 1. The molecule has 134 valence electrons. The number of nitrogens with zero attached hydrogens (tertiary/aromatic N) is 2. The number of carbonyl (C=O) groups is 2. The Morgan fingerprint density at radius 1 is 1.23 bits per heavy atom. The van der Waals surface area contributed by atoms with Gasteiger partial charge in [-0.05, 0) is 43.2 Å². The maximum Gasteiger partial charge on any atom is 0.337 e. The smallest absolute Gasteiger partial charge is 0.337 e. The predicted molar refractivity (Wildman–Crippen MR) is 94.7 cm³/mol. The summed E-state index contributed by atoms with van der Waals surface area (Å²) in [6.45, 7) is 3.80. The van der Waals surface area contributed by atoms with Gasteiger partial charge >= 0.3 is 12.0 Å². The highest BCUT2D eigenvalue weighted by atomic mass is 16.6. The second-order valence-corrected chi connectivity index (χ2v) is 6.01. The minimum atomic E-state index is -0.470. The van der Waals surface area contributed by atoms with Crippen LogP contribution in [0.5, 0.6) is 0 Å². The lowest BCUT2D eigenvalue weighted by atomic mass is 10.0. The van der Waals surface area contributed by atoms with Gasteiger partial charge in [0.25, 0.3) is 5.69 Å². The number of nitro benzene ring substituents is 1. The number of anilines is 2. The molecule has 1 aliphatic heterocycles. The Hall–Kier alpha value is -3.42. The van der Waals surface area contributed by atoms with Crippen LogP contribution in [0.3, 0.4) is 0 Å². The first kappa shape index (κ1) is 17.4. The SMILES string of the molecule is COC(=O)c1cc(C)c(N2C(=O)NCc3cc([N+](=O)[O-])ccc32)c(C)c1. The number of esters is 1. The quantitative estimate of drug-likeness (QED) is 0.517. The summed E-state index contributed by atoms with van der Waals surface area (Å²) in [4.78, 5) is 36.3. The van der Waals surface area contributed by atoms with Crippen molar-refractivity contribution in [3.05, 3.63) is 62.7 Å². The largest absolute Gasteiger partial charge is 0.465 e. The second-order valence-electron chi connectivity index (χ2n) is 6.01. The molecule has 0 unspecified atom stereocenters. The monoisotopic (exact) mass is 355 g/mol. The van der Waals surface area contributed by atoms with Crippen LogP contribution in [0.15, 0.2) is 30.3 Å². The van der Waals surface area contributed by atoms with Gasteiger partial charge in [0.15, 0.2) is 0 Å². The Morgan fingerprint density at radius 3 is 2.46 bits per heavy atom. The number of aryl methyl sites for hydroxylation is 2. The van der Waals surface area contributed by atoms with Gasteiger partial charge in [0.1, 0.15) is 0 Å². The van der Waals surface area contributed by atoms with Crippen LogP contribution in [0.2, 0.25) is 0 Å². The summed E-state index contributed by atoms with van der Waals surface area (Å²) in [6.07, 6.45) is 0. The number of carbonyl (C=O) groups excluding carboxylic acids is 2. The van der Waals surface area contributed by atoms with E-state index in [1.165, 1.54) is 24.1 Å². The molecule has 0 spiro atoms. The van der Waals surface area contributed by atoms with Crippen LogP contribution >= 0.6 is 0 Å². The van der Waals surface area contributed by atoms with Crippen molar-refractivity contribution in [1.82, 2.24) is 5.32 Å². The molecule has 0 aliphatic carbocycles. The zero-order valence-electron chi connectivity index (χ0n) is 14.5. The molecule has 0 atom stereocenters. The van der Waals surface area contributed by atoms with Gasteiger partial charge < -0.3 is 10.1 Å². The maximum absolute atomic E-state index is 12.5. The zero-order chi connectivity index (χ0) is 19.0. The molecule has 0 saturated carbocycles. The average Bonchev–Trinajstić information content (AvgIpc) is 2.61. The van der Waals surface area contributed by atoms with Gasteiger partial charge in [-0.3, -0.25) is 15.0 Å². The van der Waals surface area contributed by atoms with Gasteiger partial charge in [-0.1, -0.05) is 0 Å². The van der Waals surface area contributed by atoms with Gasteiger partial charge in [-0.2, -0.15) is 0 Å². The number of non-ortho nitro benzene ring substituents is 1. The van der Waals surface area contributed by atoms with Crippen molar-refractivity contribution in [3.63, 3.8) is 0 Å². The average molecular weight is 355 g/mol. The summed E-state index contributed by atoms with van der Waals surface area (Å²) >= 11 is 0. The van der Waals surface area contributed by atoms with Crippen molar-refractivity contribution >= 4 is 29.1 Å². The lowest BCUT2D eigenvalue weighted by Crippen LogP contribution is -2.41. The van der Waals surface area contributed by atoms with E-state index in [1.54, 1.807) is 32.0 Å². The molecular formula is C18H17N3O5. The van der Waals surface area contributed by atoms with Gasteiger partial charge in [-0.25, -0.2) is 9.59 Å². The number of nitro groups is 1. The first-order valence-corrected chi connectivity index (χ1v) is 7.88. The minimum Gasteiger partial charge on any atom is -0.465 e. The zero-order valence-corrected chi connectivity index (χ0v) is 14.5. The number of urea groups is 1. The Morgan fingerprint density at radius 2 is 1.88 bits per heavy atom. The van der Waals surface area contributed by atoms with Crippen LogP contribution in [-0.2, 0) is 11.3 Å². The summed E-state index contributed by atoms with van der Waals surface area (Å²) in [7, 11) is 1.31. The number of benzene rings is 2. The Balaban J connectivity index is 2.14. The molecule has 1 aliphatic rings. The van der Waals surface area contributed by atoms with Crippen LogP contribution in [0, 0.1) is 24.0 Å². The van der Waals surface area contributed by atoms with Crippen LogP contribution < -0.4 is 10.2 Å². The van der Waals surface area contributed by atoms with E-state index in [0.717, 1.165) is 0 Å². The number of hydrogen-bond donors (Lipinski definition) is 1. The molecule has 0 aromatic heterocycles. The third kappa shape index (κ3) is 2.85. The summed E-state index contributed by atoms with van der Waals surface area (Å²) < 4.78 is 4.75. The van der Waals surface area contributed by atoms with Gasteiger partial charge in [0.2, 0.25) is 0 Å². The maximum atomic E-state index is 12.5. The lowest BCUT2D eigenvalue weighted by Gasteiger charge is -2.32. The van der Waals surface area contributed by atoms with Crippen molar-refractivity contribution in [2.45, 2.75) is 20.4 Å². The van der Waals surface area contributed by atoms with E-state index in [1.807, 2.05) is 0 Å². The minimum absolute atomic E-state index is 0.0330. The highest BCUT2D eigenvalue weighted by molar-refractivity contribution is 6.04. The van der Waals surface area contributed by atoms with Crippen molar-refractivity contribution in [1.29, 1.82) is 0 Å². The van der Waals surface area contributed by atoms with E-state index < -0.39 is 10.9 Å². The fourth-order valence-electron chi connectivity index (χ4n) is 3.17. The molecule has 8 heteroatoms. The number of ether oxygens (including phenoxy) is 1. The number of hydrogen-bond acceptors (Lipinski definition) is 5. The Bertz CT molecular complexity index is 915. The predicted octanol–water partition coefficient (Wildman–Crippen LogP) is 3.36. The molecule has 0 bridgehead atoms. The van der Waals surface area contributed by atoms with Crippen LogP contribution in [0.4, 0.5) is 21.9 Å². The lowest BCUT2D eigenvalue weighted by molar-refractivity contribution is -0.384. The third-order valence-electron chi connectivity index (χ3n) is 4.28.